The molecular weight excluding hydrogens is 722 g/mol. The van der Waals surface area contributed by atoms with Gasteiger partial charge in [-0.15, -0.1) is 13.2 Å². The van der Waals surface area contributed by atoms with Crippen molar-refractivity contribution in [1.82, 2.24) is 21.3 Å². The van der Waals surface area contributed by atoms with E-state index in [4.69, 9.17) is 36.6 Å². The molecule has 0 heterocycles. The quantitative estimate of drug-likeness (QED) is 0.0390. The standard InChI is InChI=1S/C33H64N4O13P2/c1-9-17-45-51(41,49-25-31(36-29(7)38)23-43-19-13-27(5)11-3)47-21-15-34-33(40)35-16-22-48-52(42,46-18-10-2)50-26-32(37-30(8)39)24-44-20-14-28(6)12-4/h9-10,27-28,31-32H,1-2,11-26H2,3-8H3,(H,36,38)(H,37,39)(H2,34,35,40)/t27-,28-,31-,32-,51?,52?/m1/s1. The molecule has 0 spiro atoms. The van der Waals surface area contributed by atoms with Gasteiger partial charge in [0.15, 0.2) is 0 Å². The first-order valence-electron chi connectivity index (χ1n) is 17.7. The van der Waals surface area contributed by atoms with E-state index in [1.165, 1.54) is 26.0 Å². The van der Waals surface area contributed by atoms with E-state index in [2.05, 4.69) is 62.1 Å². The van der Waals surface area contributed by atoms with Crippen molar-refractivity contribution in [1.29, 1.82) is 0 Å². The van der Waals surface area contributed by atoms with Crippen molar-refractivity contribution in [3.05, 3.63) is 25.3 Å². The summed E-state index contributed by atoms with van der Waals surface area (Å²) in [5.41, 5.74) is 0. The van der Waals surface area contributed by atoms with Crippen LogP contribution in [-0.2, 0) is 55.3 Å². The molecule has 0 aromatic heterocycles. The maximum Gasteiger partial charge on any atom is 0.475 e. The maximum atomic E-state index is 13.2. The van der Waals surface area contributed by atoms with Crippen molar-refractivity contribution in [3.63, 3.8) is 0 Å². The number of phosphoric acid groups is 2. The Balaban J connectivity index is 4.84. The summed E-state index contributed by atoms with van der Waals surface area (Å²) in [4.78, 5) is 35.7. The van der Waals surface area contributed by atoms with Gasteiger partial charge in [0.25, 0.3) is 0 Å². The summed E-state index contributed by atoms with van der Waals surface area (Å²) in [5.74, 6) is 0.367. The normalized spacial score (nSPS) is 16.0. The lowest BCUT2D eigenvalue weighted by Gasteiger charge is -2.22. The minimum absolute atomic E-state index is 0.0840. The van der Waals surface area contributed by atoms with Crippen molar-refractivity contribution >= 4 is 33.5 Å². The Bertz CT molecular complexity index is 1040. The number of carbonyl (C=O) groups excluding carboxylic acids is 3. The first kappa shape index (κ1) is 49.8. The molecule has 0 saturated carbocycles. The molecule has 2 unspecified atom stereocenters. The molecule has 0 aliphatic heterocycles. The monoisotopic (exact) mass is 786 g/mol. The fourth-order valence-corrected chi connectivity index (χ4v) is 6.22. The van der Waals surface area contributed by atoms with Gasteiger partial charge >= 0.3 is 21.7 Å². The molecule has 4 amide bonds. The van der Waals surface area contributed by atoms with E-state index < -0.39 is 33.8 Å². The van der Waals surface area contributed by atoms with E-state index in [0.29, 0.717) is 25.0 Å². The number of carbonyl (C=O) groups is 3. The van der Waals surface area contributed by atoms with Gasteiger partial charge in [0.1, 0.15) is 0 Å². The minimum atomic E-state index is -4.11. The number of urea groups is 1. The van der Waals surface area contributed by atoms with Gasteiger partial charge in [-0.25, -0.2) is 13.9 Å². The highest BCUT2D eigenvalue weighted by Gasteiger charge is 2.30. The lowest BCUT2D eigenvalue weighted by molar-refractivity contribution is -0.121. The summed E-state index contributed by atoms with van der Waals surface area (Å²) >= 11 is 0. The van der Waals surface area contributed by atoms with Crippen LogP contribution >= 0.6 is 15.6 Å². The van der Waals surface area contributed by atoms with Gasteiger partial charge in [-0.3, -0.25) is 36.7 Å². The number of ether oxygens (including phenoxy) is 2. The van der Waals surface area contributed by atoms with Gasteiger partial charge in [0, 0.05) is 40.2 Å². The number of nitrogens with one attached hydrogen (secondary N) is 4. The molecule has 0 aliphatic carbocycles. The van der Waals surface area contributed by atoms with E-state index in [-0.39, 0.29) is 77.8 Å². The molecule has 304 valence electrons. The third-order valence-electron chi connectivity index (χ3n) is 7.20. The lowest BCUT2D eigenvalue weighted by atomic mass is 10.1. The number of hydrogen-bond acceptors (Lipinski definition) is 13. The zero-order valence-corrected chi connectivity index (χ0v) is 33.7. The van der Waals surface area contributed by atoms with Gasteiger partial charge in [-0.1, -0.05) is 52.7 Å². The summed E-state index contributed by atoms with van der Waals surface area (Å²) in [6.07, 6.45) is 6.51. The van der Waals surface area contributed by atoms with Crippen LogP contribution in [0.5, 0.6) is 0 Å². The molecule has 0 rings (SSSR count). The summed E-state index contributed by atoms with van der Waals surface area (Å²) in [6.45, 7) is 18.1. The van der Waals surface area contributed by atoms with E-state index >= 15 is 0 Å². The number of rotatable bonds is 34. The van der Waals surface area contributed by atoms with Crippen molar-refractivity contribution in [2.75, 3.05) is 79.2 Å². The van der Waals surface area contributed by atoms with Crippen LogP contribution in [0.4, 0.5) is 4.79 Å². The topological polar surface area (TPSA) is 207 Å². The maximum absolute atomic E-state index is 13.2. The molecule has 0 aromatic carbocycles. The lowest BCUT2D eigenvalue weighted by Crippen LogP contribution is -2.40. The molecule has 0 aromatic rings. The largest absolute Gasteiger partial charge is 0.475 e. The first-order chi connectivity index (χ1) is 24.7. The van der Waals surface area contributed by atoms with Crippen molar-refractivity contribution in [2.24, 2.45) is 11.8 Å². The summed E-state index contributed by atoms with van der Waals surface area (Å²) < 4.78 is 69.9. The third-order valence-corrected chi connectivity index (χ3v) is 10.1. The Hall–Kier alpha value is -2.17. The van der Waals surface area contributed by atoms with Crippen LogP contribution in [0.3, 0.4) is 0 Å². The van der Waals surface area contributed by atoms with Crippen LogP contribution < -0.4 is 21.3 Å². The molecule has 17 nitrogen and oxygen atoms in total. The second kappa shape index (κ2) is 30.2. The minimum Gasteiger partial charge on any atom is -0.379 e. The van der Waals surface area contributed by atoms with Gasteiger partial charge in [0.2, 0.25) is 11.8 Å². The Kier molecular flexibility index (Phi) is 28.9. The Morgan fingerprint density at radius 1 is 0.615 bits per heavy atom. The van der Waals surface area contributed by atoms with E-state index in [1.807, 2.05) is 0 Å². The van der Waals surface area contributed by atoms with Crippen LogP contribution in [0.25, 0.3) is 0 Å². The smallest absolute Gasteiger partial charge is 0.379 e. The average molecular weight is 787 g/mol. The summed E-state index contributed by atoms with van der Waals surface area (Å²) in [5, 5.41) is 10.4. The molecule has 19 heteroatoms. The highest BCUT2D eigenvalue weighted by atomic mass is 31.2. The average Bonchev–Trinajstić information content (AvgIpc) is 3.11. The zero-order valence-electron chi connectivity index (χ0n) is 31.9. The fourth-order valence-electron chi connectivity index (χ4n) is 3.85. The first-order valence-corrected chi connectivity index (χ1v) is 20.6. The van der Waals surface area contributed by atoms with Gasteiger partial charge < -0.3 is 30.7 Å². The SMILES string of the molecule is C=CCOP(=O)(OCCNC(=O)NCCOP(=O)(OCC=C)OC[C@@H](COCC[C@H](C)CC)NC(C)=O)OC[C@@H](COCC[C@H](C)CC)NC(C)=O. The molecule has 52 heavy (non-hydrogen) atoms. The van der Waals surface area contributed by atoms with E-state index in [0.717, 1.165) is 25.7 Å². The molecule has 0 radical (unpaired) electrons. The second-order valence-corrected chi connectivity index (χ2v) is 15.4. The molecule has 0 aliphatic rings. The van der Waals surface area contributed by atoms with Crippen LogP contribution in [0.15, 0.2) is 25.3 Å². The number of phosphoric ester groups is 2. The van der Waals surface area contributed by atoms with Gasteiger partial charge in [-0.2, -0.15) is 0 Å². The van der Waals surface area contributed by atoms with Gasteiger partial charge in [-0.05, 0) is 24.7 Å². The van der Waals surface area contributed by atoms with Crippen LogP contribution in [0.2, 0.25) is 0 Å². The van der Waals surface area contributed by atoms with Crippen molar-refractivity contribution in [3.8, 4) is 0 Å². The zero-order chi connectivity index (χ0) is 39.3. The molecule has 4 N–H and O–H groups in total. The molecule has 0 saturated heterocycles. The van der Waals surface area contributed by atoms with Crippen LogP contribution in [0.1, 0.15) is 67.2 Å². The Morgan fingerprint density at radius 2 is 1.00 bits per heavy atom. The fraction of sp³-hybridized carbons (Fsp3) is 0.788. The van der Waals surface area contributed by atoms with Crippen molar-refractivity contribution in [2.45, 2.75) is 79.3 Å². The predicted octanol–water partition coefficient (Wildman–Crippen LogP) is 4.89. The van der Waals surface area contributed by atoms with Crippen LogP contribution in [-0.4, -0.2) is 109 Å². The van der Waals surface area contributed by atoms with E-state index in [1.54, 1.807) is 0 Å². The molecule has 0 fully saturated rings. The third kappa shape index (κ3) is 27.4. The highest BCUT2D eigenvalue weighted by Crippen LogP contribution is 2.50. The second-order valence-electron chi connectivity index (χ2n) is 12.1. The van der Waals surface area contributed by atoms with Gasteiger partial charge in [0.05, 0.1) is 64.9 Å². The Labute approximate surface area is 310 Å². The number of amides is 4. The molecular formula is C33H64N4O13P2. The predicted molar refractivity (Wildman–Crippen MR) is 198 cm³/mol. The summed E-state index contributed by atoms with van der Waals surface area (Å²) in [6, 6.07) is -1.84. The summed E-state index contributed by atoms with van der Waals surface area (Å²) in [7, 11) is -8.22. The highest BCUT2D eigenvalue weighted by molar-refractivity contribution is 7.48. The molecule has 0 bridgehead atoms. The van der Waals surface area contributed by atoms with E-state index in [9.17, 15) is 23.5 Å². The van der Waals surface area contributed by atoms with Crippen molar-refractivity contribution < 1.29 is 60.1 Å². The van der Waals surface area contributed by atoms with Crippen LogP contribution in [0, 0.1) is 11.8 Å². The molecule has 6 atom stereocenters. The number of hydrogen-bond donors (Lipinski definition) is 4. The Morgan fingerprint density at radius 3 is 1.33 bits per heavy atom.